The van der Waals surface area contributed by atoms with Crippen molar-refractivity contribution in [2.45, 2.75) is 92.2 Å². The highest BCUT2D eigenvalue weighted by atomic mass is 16.3. The van der Waals surface area contributed by atoms with Gasteiger partial charge in [0.1, 0.15) is 11.6 Å². The van der Waals surface area contributed by atoms with Gasteiger partial charge in [0, 0.05) is 40.8 Å². The van der Waals surface area contributed by atoms with E-state index in [-0.39, 0.29) is 16.9 Å². The Bertz CT molecular complexity index is 3400. The second kappa shape index (κ2) is 15.1. The number of pyridine rings is 1. The van der Waals surface area contributed by atoms with Crippen LogP contribution in [0.2, 0.25) is 0 Å². The number of hydrogen-bond acceptors (Lipinski definition) is 3. The third-order valence-electron chi connectivity index (χ3n) is 10.9. The quantitative estimate of drug-likeness (QED) is 0.182. The molecule has 4 nitrogen and oxygen atoms in total. The summed E-state index contributed by atoms with van der Waals surface area (Å²) in [7, 11) is 0. The van der Waals surface area contributed by atoms with Crippen LogP contribution in [0.5, 0.6) is 5.75 Å². The molecule has 60 heavy (non-hydrogen) atoms. The van der Waals surface area contributed by atoms with Crippen LogP contribution in [0.25, 0.3) is 72.7 Å². The largest absolute Gasteiger partial charge is 0.507 e. The minimum atomic E-state index is -3.80. The molecule has 1 N–H and O–H groups in total. The summed E-state index contributed by atoms with van der Waals surface area (Å²) in [6.07, 6.45) is 1.44. The van der Waals surface area contributed by atoms with Gasteiger partial charge in [-0.25, -0.2) is 4.98 Å². The Morgan fingerprint density at radius 2 is 1.28 bits per heavy atom. The van der Waals surface area contributed by atoms with Crippen LogP contribution in [0.4, 0.5) is 0 Å². The lowest BCUT2D eigenvalue weighted by atomic mass is 9.83. The number of aromatic nitrogens is 3. The number of aryl methyl sites for hydroxylation is 2. The summed E-state index contributed by atoms with van der Waals surface area (Å²) in [5, 5.41) is 12.2. The smallest absolute Gasteiger partial charge is 0.149 e. The molecule has 8 aromatic rings. The van der Waals surface area contributed by atoms with Crippen LogP contribution >= 0.6 is 0 Å². The molecule has 2 heterocycles. The topological polar surface area (TPSA) is 50.9 Å². The molecule has 0 aliphatic rings. The number of phenolic OH excluding ortho intramolecular Hbond substituents is 1. The highest BCUT2D eigenvalue weighted by molar-refractivity contribution is 5.98. The zero-order valence-corrected chi connectivity index (χ0v) is 35.3. The molecule has 0 unspecified atom stereocenters. The summed E-state index contributed by atoms with van der Waals surface area (Å²) < 4.78 is 112. The van der Waals surface area contributed by atoms with E-state index in [1.807, 2.05) is 67.6 Å². The molecule has 0 aliphatic carbocycles. The van der Waals surface area contributed by atoms with Crippen LogP contribution in [0, 0.1) is 13.8 Å². The normalized spacial score (nSPS) is 16.1. The number of nitrogens with zero attached hydrogens (tertiary/aromatic N) is 3. The van der Waals surface area contributed by atoms with Crippen LogP contribution in [0.15, 0.2) is 140 Å². The first-order valence-electron chi connectivity index (χ1n) is 26.6. The zero-order valence-electron chi connectivity index (χ0n) is 48.3. The van der Waals surface area contributed by atoms with E-state index in [4.69, 9.17) is 27.8 Å². The van der Waals surface area contributed by atoms with Gasteiger partial charge < -0.3 is 5.11 Å². The van der Waals surface area contributed by atoms with Gasteiger partial charge in [-0.15, -0.1) is 0 Å². The van der Waals surface area contributed by atoms with Gasteiger partial charge in [-0.1, -0.05) is 152 Å². The number of hydrogen-bond donors (Lipinski definition) is 1. The molecule has 0 radical (unpaired) electrons. The van der Waals surface area contributed by atoms with Crippen molar-refractivity contribution >= 4 is 11.0 Å². The molecule has 0 saturated heterocycles. The second-order valence-corrected chi connectivity index (χ2v) is 17.8. The molecule has 6 aromatic carbocycles. The third kappa shape index (κ3) is 7.79. The standard InChI is InChI=1S/C56H57N3O/c1-35-20-25-49(45(28-35)38-16-13-12-14-17-38)59-50-19-15-18-44(51(50)58-53(59)46-29-36(2)30-47(52(46)60)56(9,10)11)40-31-41(33-43(32-40)55(6,7)8)48-34-39(26-27-57-48)37-21-23-42(24-22-37)54(3,4)5/h12-34,60H,1-11H3/i3D3,4D3,5D3,21D,22D,23D,24D. The molecule has 8 rings (SSSR count). The van der Waals surface area contributed by atoms with E-state index < -0.39 is 66.5 Å². The number of rotatable bonds is 6. The average Bonchev–Trinajstić information content (AvgIpc) is 3.68. The number of imidazole rings is 1. The Kier molecular flexibility index (Phi) is 6.91. The summed E-state index contributed by atoms with van der Waals surface area (Å²) in [4.78, 5) is 10.2. The van der Waals surface area contributed by atoms with Gasteiger partial charge in [-0.05, 0) is 118 Å². The minimum Gasteiger partial charge on any atom is -0.507 e. The fraction of sp³-hybridized carbons (Fsp3) is 0.250. The monoisotopic (exact) mass is 801 g/mol. The van der Waals surface area contributed by atoms with Crippen molar-refractivity contribution in [2.24, 2.45) is 0 Å². The van der Waals surface area contributed by atoms with Crippen molar-refractivity contribution in [3.8, 4) is 67.5 Å². The van der Waals surface area contributed by atoms with E-state index in [9.17, 15) is 5.11 Å². The van der Waals surface area contributed by atoms with Crippen LogP contribution in [-0.4, -0.2) is 19.6 Å². The van der Waals surface area contributed by atoms with Crippen molar-refractivity contribution in [1.82, 2.24) is 14.5 Å². The maximum absolute atomic E-state index is 12.2. The van der Waals surface area contributed by atoms with Gasteiger partial charge in [0.2, 0.25) is 0 Å². The van der Waals surface area contributed by atoms with Gasteiger partial charge in [0.25, 0.3) is 0 Å². The van der Waals surface area contributed by atoms with E-state index in [0.717, 1.165) is 55.7 Å². The van der Waals surface area contributed by atoms with Crippen molar-refractivity contribution in [1.29, 1.82) is 0 Å². The molecule has 2 aromatic heterocycles. The van der Waals surface area contributed by atoms with Crippen molar-refractivity contribution < 1.29 is 22.9 Å². The van der Waals surface area contributed by atoms with E-state index in [1.54, 1.807) is 6.07 Å². The number of phenols is 1. The predicted octanol–water partition coefficient (Wildman–Crippen LogP) is 15.0. The number of benzene rings is 6. The molecule has 0 aliphatic heterocycles. The summed E-state index contributed by atoms with van der Waals surface area (Å²) in [6.45, 7) is 5.08. The van der Waals surface area contributed by atoms with Crippen molar-refractivity contribution in [3.05, 3.63) is 167 Å². The van der Waals surface area contributed by atoms with Crippen molar-refractivity contribution in [3.63, 3.8) is 0 Å². The lowest BCUT2D eigenvalue weighted by Crippen LogP contribution is -2.12. The molecule has 0 saturated carbocycles. The summed E-state index contributed by atoms with van der Waals surface area (Å²) in [5.41, 5.74) is 5.16. The Balaban J connectivity index is 1.38. The molecule has 0 spiro atoms. The Morgan fingerprint density at radius 3 is 1.98 bits per heavy atom. The third-order valence-corrected chi connectivity index (χ3v) is 10.9. The average molecular weight is 801 g/mol. The fourth-order valence-electron chi connectivity index (χ4n) is 7.72. The molecule has 302 valence electrons. The molecule has 0 bridgehead atoms. The van der Waals surface area contributed by atoms with Crippen LogP contribution < -0.4 is 0 Å². The SMILES string of the molecule is [2H]c1c([2H])c(C(C([2H])([2H])[2H])(C([2H])([2H])[2H])C([2H])([2H])[2H])c([2H])c([2H])c1-c1ccnc(-c2cc(-c3cccc4c3nc(-c3cc(C)cc(C(C)(C)C)c3O)n4-c3ccc(C)cc3-c3ccccc3)cc(C(C)(C)C)c2)c1. The molecular weight excluding hydrogens is 731 g/mol. The van der Waals surface area contributed by atoms with Crippen LogP contribution in [0.3, 0.4) is 0 Å². The highest BCUT2D eigenvalue weighted by Gasteiger charge is 2.27. The Labute approximate surface area is 374 Å². The van der Waals surface area contributed by atoms with E-state index in [2.05, 4.69) is 89.4 Å². The molecule has 0 amide bonds. The number of para-hydroxylation sites is 1. The molecule has 0 atom stereocenters. The first-order valence-corrected chi connectivity index (χ1v) is 20.1. The zero-order chi connectivity index (χ0) is 53.7. The molecule has 0 fully saturated rings. The van der Waals surface area contributed by atoms with Gasteiger partial charge in [0.05, 0.1) is 33.5 Å². The number of aromatic hydroxyl groups is 1. The summed E-state index contributed by atoms with van der Waals surface area (Å²) >= 11 is 0. The van der Waals surface area contributed by atoms with Crippen LogP contribution in [-0.2, 0) is 16.2 Å². The number of fused-ring (bicyclic) bond motifs is 1. The first kappa shape index (κ1) is 27.5. The summed E-state index contributed by atoms with van der Waals surface area (Å²) in [5.74, 6) is 0.673. The van der Waals surface area contributed by atoms with E-state index >= 15 is 0 Å². The van der Waals surface area contributed by atoms with E-state index in [0.29, 0.717) is 28.2 Å². The Hall–Kier alpha value is -6.26. The lowest BCUT2D eigenvalue weighted by Gasteiger charge is -2.23. The van der Waals surface area contributed by atoms with E-state index in [1.165, 1.54) is 12.3 Å². The van der Waals surface area contributed by atoms with Gasteiger partial charge in [0.15, 0.2) is 0 Å². The second-order valence-electron chi connectivity index (χ2n) is 17.8. The fourth-order valence-corrected chi connectivity index (χ4v) is 7.72. The molecular formula is C56H57N3O. The summed E-state index contributed by atoms with van der Waals surface area (Å²) in [6, 6.07) is 31.6. The predicted molar refractivity (Wildman–Crippen MR) is 253 cm³/mol. The molecule has 4 heteroatoms. The van der Waals surface area contributed by atoms with Gasteiger partial charge in [-0.3, -0.25) is 9.55 Å². The van der Waals surface area contributed by atoms with Crippen LogP contribution in [0.1, 0.15) is 108 Å². The minimum absolute atomic E-state index is 0.134. The highest BCUT2D eigenvalue weighted by Crippen LogP contribution is 2.44. The maximum Gasteiger partial charge on any atom is 0.149 e. The lowest BCUT2D eigenvalue weighted by molar-refractivity contribution is 0.448. The Morgan fingerprint density at radius 1 is 0.567 bits per heavy atom. The first-order chi connectivity index (χ1) is 33.8. The maximum atomic E-state index is 12.2. The van der Waals surface area contributed by atoms with Crippen molar-refractivity contribution in [2.75, 3.05) is 0 Å². The van der Waals surface area contributed by atoms with Gasteiger partial charge >= 0.3 is 0 Å². The van der Waals surface area contributed by atoms with Gasteiger partial charge in [-0.2, -0.15) is 0 Å².